The summed E-state index contributed by atoms with van der Waals surface area (Å²) < 4.78 is 12.7. The summed E-state index contributed by atoms with van der Waals surface area (Å²) >= 11 is 5.99. The van der Waals surface area contributed by atoms with Gasteiger partial charge in [0, 0.05) is 30.8 Å². The van der Waals surface area contributed by atoms with Gasteiger partial charge in [-0.15, -0.1) is 0 Å². The second-order valence-electron chi connectivity index (χ2n) is 6.35. The van der Waals surface area contributed by atoms with Gasteiger partial charge in [-0.05, 0) is 37.1 Å². The Morgan fingerprint density at radius 1 is 1.42 bits per heavy atom. The maximum absolute atomic E-state index is 12.7. The third-order valence-electron chi connectivity index (χ3n) is 4.61. The molecule has 0 spiro atoms. The van der Waals surface area contributed by atoms with Gasteiger partial charge in [0.1, 0.15) is 0 Å². The molecular weight excluding hydrogens is 351 g/mol. The molecule has 1 aromatic carbocycles. The number of hydrogen-bond acceptors (Lipinski definition) is 4. The Labute approximate surface area is 147 Å². The molecule has 0 aromatic heterocycles. The second-order valence-corrected chi connectivity index (χ2v) is 9.49. The van der Waals surface area contributed by atoms with E-state index in [-0.39, 0.29) is 19.1 Å². The Bertz CT molecular complexity index is 642. The lowest BCUT2D eigenvalue weighted by Gasteiger charge is -2.43. The van der Waals surface area contributed by atoms with E-state index in [1.165, 1.54) is 0 Å². The lowest BCUT2D eigenvalue weighted by molar-refractivity contribution is -0.141. The maximum Gasteiger partial charge on any atom is 0.320 e. The zero-order valence-corrected chi connectivity index (χ0v) is 15.2. The van der Waals surface area contributed by atoms with Crippen LogP contribution in [0.2, 0.25) is 5.02 Å². The molecule has 6 nitrogen and oxygen atoms in total. The first-order valence-electron chi connectivity index (χ1n) is 8.03. The van der Waals surface area contributed by atoms with Gasteiger partial charge < -0.3 is 15.7 Å². The molecule has 2 atom stereocenters. The van der Waals surface area contributed by atoms with Crippen LogP contribution in [-0.2, 0) is 15.9 Å². The zero-order valence-electron chi connectivity index (χ0n) is 13.5. The van der Waals surface area contributed by atoms with E-state index in [1.54, 1.807) is 6.07 Å². The molecule has 2 rings (SSSR count). The third-order valence-corrected chi connectivity index (χ3v) is 7.55. The van der Waals surface area contributed by atoms with Crippen LogP contribution in [0.3, 0.4) is 0 Å². The number of carbonyl (C=O) groups is 1. The number of unbranched alkanes of at least 4 members (excludes halogenated alkanes) is 1. The van der Waals surface area contributed by atoms with Gasteiger partial charge in [-0.25, -0.2) is 0 Å². The van der Waals surface area contributed by atoms with Crippen LogP contribution in [0.1, 0.15) is 24.8 Å². The first-order valence-corrected chi connectivity index (χ1v) is 10.3. The molecule has 24 heavy (non-hydrogen) atoms. The number of rotatable bonds is 7. The Morgan fingerprint density at radius 2 is 2.17 bits per heavy atom. The van der Waals surface area contributed by atoms with Gasteiger partial charge in [-0.3, -0.25) is 14.3 Å². The first kappa shape index (κ1) is 19.4. The van der Waals surface area contributed by atoms with Crippen LogP contribution in [0.4, 0.5) is 0 Å². The van der Waals surface area contributed by atoms with Crippen molar-refractivity contribution in [3.8, 4) is 0 Å². The number of halogens is 1. The Morgan fingerprint density at radius 3 is 2.79 bits per heavy atom. The van der Waals surface area contributed by atoms with E-state index in [4.69, 9.17) is 17.3 Å². The number of hydrogen-bond donors (Lipinski definition) is 3. The maximum atomic E-state index is 12.7. The van der Waals surface area contributed by atoms with Crippen LogP contribution in [0.15, 0.2) is 24.3 Å². The predicted molar refractivity (Wildman–Crippen MR) is 94.7 cm³/mol. The van der Waals surface area contributed by atoms with Gasteiger partial charge >= 0.3 is 5.97 Å². The minimum absolute atomic E-state index is 0.0114. The molecule has 0 saturated carbocycles. The SMILES string of the molecule is NCCCCC1(C(=O)O)CN(Cc2cccc(Cl)c2)CCP1(=O)O. The van der Waals surface area contributed by atoms with Crippen molar-refractivity contribution in [2.24, 2.45) is 5.73 Å². The van der Waals surface area contributed by atoms with Crippen LogP contribution in [0, 0.1) is 0 Å². The summed E-state index contributed by atoms with van der Waals surface area (Å²) in [5.41, 5.74) is 6.43. The van der Waals surface area contributed by atoms with Crippen molar-refractivity contribution in [1.82, 2.24) is 4.90 Å². The fourth-order valence-electron chi connectivity index (χ4n) is 3.22. The summed E-state index contributed by atoms with van der Waals surface area (Å²) in [4.78, 5) is 24.2. The van der Waals surface area contributed by atoms with E-state index < -0.39 is 18.5 Å². The van der Waals surface area contributed by atoms with Crippen molar-refractivity contribution in [1.29, 1.82) is 0 Å². The van der Waals surface area contributed by atoms with Crippen LogP contribution in [-0.4, -0.2) is 51.8 Å². The van der Waals surface area contributed by atoms with Gasteiger partial charge in [0.15, 0.2) is 5.16 Å². The highest BCUT2D eigenvalue weighted by Gasteiger charge is 2.56. The molecule has 1 aromatic rings. The van der Waals surface area contributed by atoms with Gasteiger partial charge in [0.2, 0.25) is 7.37 Å². The lowest BCUT2D eigenvalue weighted by Crippen LogP contribution is -2.53. The number of aliphatic carboxylic acids is 1. The van der Waals surface area contributed by atoms with Crippen LogP contribution in [0.25, 0.3) is 0 Å². The monoisotopic (exact) mass is 374 g/mol. The van der Waals surface area contributed by atoms with Gasteiger partial charge in [0.05, 0.1) is 0 Å². The molecule has 4 N–H and O–H groups in total. The topological polar surface area (TPSA) is 104 Å². The molecule has 134 valence electrons. The van der Waals surface area contributed by atoms with Crippen molar-refractivity contribution < 1.29 is 19.4 Å². The van der Waals surface area contributed by atoms with Crippen molar-refractivity contribution in [3.63, 3.8) is 0 Å². The highest BCUT2D eigenvalue weighted by Crippen LogP contribution is 2.59. The normalized spacial score (nSPS) is 28.0. The number of carboxylic acids is 1. The molecule has 0 radical (unpaired) electrons. The summed E-state index contributed by atoms with van der Waals surface area (Å²) in [6.45, 7) is 1.41. The van der Waals surface area contributed by atoms with Crippen LogP contribution >= 0.6 is 19.0 Å². The molecule has 0 aliphatic carbocycles. The summed E-state index contributed by atoms with van der Waals surface area (Å²) in [6.07, 6.45) is 1.32. The van der Waals surface area contributed by atoms with Crippen molar-refractivity contribution in [2.45, 2.75) is 31.0 Å². The predicted octanol–water partition coefficient (Wildman–Crippen LogP) is 2.38. The fourth-order valence-corrected chi connectivity index (χ4v) is 5.64. The molecule has 0 bridgehead atoms. The van der Waals surface area contributed by atoms with Gasteiger partial charge in [0.25, 0.3) is 0 Å². The summed E-state index contributed by atoms with van der Waals surface area (Å²) in [7, 11) is -3.78. The summed E-state index contributed by atoms with van der Waals surface area (Å²) in [5.74, 6) is -1.19. The highest BCUT2D eigenvalue weighted by molar-refractivity contribution is 7.61. The second kappa shape index (κ2) is 7.98. The summed E-state index contributed by atoms with van der Waals surface area (Å²) in [6, 6.07) is 7.35. The largest absolute Gasteiger partial charge is 0.480 e. The standard InChI is InChI=1S/C16H24ClN2O4P/c17-14-5-3-4-13(10-14)11-19-8-9-24(22,23)16(12-19,15(20)21)6-1-2-7-18/h3-5,10H,1-2,6-9,11-12,18H2,(H,20,21)(H,22,23). The molecule has 8 heteroatoms. The summed E-state index contributed by atoms with van der Waals surface area (Å²) in [5, 5.41) is 8.74. The number of nitrogens with two attached hydrogens (primary N) is 1. The minimum atomic E-state index is -3.78. The van der Waals surface area contributed by atoms with E-state index in [1.807, 2.05) is 23.1 Å². The van der Waals surface area contributed by atoms with Gasteiger partial charge in [-0.1, -0.05) is 30.2 Å². The molecule has 1 heterocycles. The van der Waals surface area contributed by atoms with E-state index in [2.05, 4.69) is 0 Å². The van der Waals surface area contributed by atoms with E-state index >= 15 is 0 Å². The quantitative estimate of drug-likeness (QED) is 0.500. The molecule has 0 amide bonds. The average Bonchev–Trinajstić information content (AvgIpc) is 2.50. The smallest absolute Gasteiger partial charge is 0.320 e. The molecule has 1 fully saturated rings. The number of nitrogens with zero attached hydrogens (tertiary/aromatic N) is 1. The van der Waals surface area contributed by atoms with Crippen molar-refractivity contribution in [3.05, 3.63) is 34.9 Å². The van der Waals surface area contributed by atoms with E-state index in [9.17, 15) is 19.4 Å². The van der Waals surface area contributed by atoms with Crippen molar-refractivity contribution >= 4 is 24.9 Å². The molecule has 1 aliphatic rings. The lowest BCUT2D eigenvalue weighted by atomic mass is 9.99. The van der Waals surface area contributed by atoms with Crippen LogP contribution < -0.4 is 5.73 Å². The highest BCUT2D eigenvalue weighted by atomic mass is 35.5. The molecule has 1 saturated heterocycles. The Balaban J connectivity index is 2.20. The van der Waals surface area contributed by atoms with Crippen LogP contribution in [0.5, 0.6) is 0 Å². The Kier molecular flexibility index (Phi) is 6.46. The Hall–Kier alpha value is -0.910. The van der Waals surface area contributed by atoms with Crippen molar-refractivity contribution in [2.75, 3.05) is 25.8 Å². The first-order chi connectivity index (χ1) is 11.3. The molecular formula is C16H24ClN2O4P. The molecule has 1 aliphatic heterocycles. The third kappa shape index (κ3) is 4.19. The minimum Gasteiger partial charge on any atom is -0.480 e. The zero-order chi connectivity index (χ0) is 17.8. The number of carboxylic acid groups (broad SMARTS) is 1. The van der Waals surface area contributed by atoms with E-state index in [0.29, 0.717) is 37.5 Å². The number of benzene rings is 1. The fraction of sp³-hybridized carbons (Fsp3) is 0.562. The molecule has 2 unspecified atom stereocenters. The average molecular weight is 375 g/mol. The van der Waals surface area contributed by atoms with Gasteiger partial charge in [-0.2, -0.15) is 0 Å². The van der Waals surface area contributed by atoms with E-state index in [0.717, 1.165) is 5.56 Å².